The highest BCUT2D eigenvalue weighted by atomic mass is 16.3. The van der Waals surface area contributed by atoms with Gasteiger partial charge in [-0.05, 0) is 44.8 Å². The van der Waals surface area contributed by atoms with Crippen molar-refractivity contribution in [1.29, 1.82) is 0 Å². The van der Waals surface area contributed by atoms with E-state index in [2.05, 4.69) is 30.1 Å². The highest BCUT2D eigenvalue weighted by molar-refractivity contribution is 5.17. The van der Waals surface area contributed by atoms with Gasteiger partial charge in [0.2, 0.25) is 0 Å². The summed E-state index contributed by atoms with van der Waals surface area (Å²) in [6, 6.07) is 2.97. The summed E-state index contributed by atoms with van der Waals surface area (Å²) in [5.41, 5.74) is 1.37. The molecule has 1 aromatic rings. The SMILES string of the molecule is CCCCN(Cc1ccoc1CNCCC)C1CC1. The van der Waals surface area contributed by atoms with Crippen LogP contribution < -0.4 is 5.32 Å². The summed E-state index contributed by atoms with van der Waals surface area (Å²) in [7, 11) is 0. The summed E-state index contributed by atoms with van der Waals surface area (Å²) in [5, 5.41) is 3.43. The third-order valence-corrected chi connectivity index (χ3v) is 3.79. The quantitative estimate of drug-likeness (QED) is 0.655. The standard InChI is InChI=1S/C16H28N2O/c1-3-5-10-18(15-6-7-15)13-14-8-11-19-16(14)12-17-9-4-2/h8,11,15,17H,3-7,9-10,12-13H2,1-2H3. The summed E-state index contributed by atoms with van der Waals surface area (Å²) in [6.45, 7) is 8.67. The molecule has 0 bridgehead atoms. The van der Waals surface area contributed by atoms with E-state index in [1.54, 1.807) is 0 Å². The minimum Gasteiger partial charge on any atom is -0.468 e. The van der Waals surface area contributed by atoms with E-state index >= 15 is 0 Å². The first kappa shape index (κ1) is 14.6. The van der Waals surface area contributed by atoms with Crippen LogP contribution in [0.5, 0.6) is 0 Å². The van der Waals surface area contributed by atoms with Gasteiger partial charge < -0.3 is 9.73 Å². The second kappa shape index (κ2) is 7.71. The lowest BCUT2D eigenvalue weighted by molar-refractivity contribution is 0.248. The zero-order valence-electron chi connectivity index (χ0n) is 12.5. The van der Waals surface area contributed by atoms with Gasteiger partial charge in [0.25, 0.3) is 0 Å². The molecule has 3 heteroatoms. The van der Waals surface area contributed by atoms with E-state index in [0.29, 0.717) is 0 Å². The molecule has 0 amide bonds. The molecule has 0 unspecified atom stereocenters. The molecule has 0 saturated heterocycles. The molecule has 19 heavy (non-hydrogen) atoms. The van der Waals surface area contributed by atoms with Crippen molar-refractivity contribution < 1.29 is 4.42 Å². The minimum absolute atomic E-state index is 0.831. The molecule has 1 aliphatic rings. The maximum absolute atomic E-state index is 5.63. The monoisotopic (exact) mass is 264 g/mol. The zero-order valence-corrected chi connectivity index (χ0v) is 12.5. The molecule has 2 rings (SSSR count). The normalized spacial score (nSPS) is 15.3. The minimum atomic E-state index is 0.831. The predicted molar refractivity (Wildman–Crippen MR) is 79.0 cm³/mol. The van der Waals surface area contributed by atoms with E-state index in [1.165, 1.54) is 44.2 Å². The van der Waals surface area contributed by atoms with E-state index in [0.717, 1.165) is 31.4 Å². The molecule has 1 fully saturated rings. The first-order chi connectivity index (χ1) is 9.35. The van der Waals surface area contributed by atoms with Crippen LogP contribution in [0.4, 0.5) is 0 Å². The molecule has 1 heterocycles. The van der Waals surface area contributed by atoms with Crippen LogP contribution in [0.3, 0.4) is 0 Å². The number of nitrogens with one attached hydrogen (secondary N) is 1. The Morgan fingerprint density at radius 1 is 1.32 bits per heavy atom. The van der Waals surface area contributed by atoms with Gasteiger partial charge in [0.05, 0.1) is 12.8 Å². The van der Waals surface area contributed by atoms with Crippen LogP contribution in [-0.4, -0.2) is 24.0 Å². The smallest absolute Gasteiger partial charge is 0.122 e. The number of unbranched alkanes of at least 4 members (excludes halogenated alkanes) is 1. The Kier molecular flexibility index (Phi) is 5.93. The van der Waals surface area contributed by atoms with E-state index in [9.17, 15) is 0 Å². The zero-order chi connectivity index (χ0) is 13.5. The van der Waals surface area contributed by atoms with Crippen LogP contribution in [0.25, 0.3) is 0 Å². The lowest BCUT2D eigenvalue weighted by Gasteiger charge is -2.21. The second-order valence-corrected chi connectivity index (χ2v) is 5.60. The van der Waals surface area contributed by atoms with Crippen molar-refractivity contribution in [3.05, 3.63) is 23.7 Å². The Balaban J connectivity index is 1.87. The first-order valence-electron chi connectivity index (χ1n) is 7.85. The predicted octanol–water partition coefficient (Wildman–Crippen LogP) is 3.54. The van der Waals surface area contributed by atoms with Crippen molar-refractivity contribution in [2.24, 2.45) is 0 Å². The molecule has 108 valence electrons. The average Bonchev–Trinajstić information content (AvgIpc) is 3.17. The van der Waals surface area contributed by atoms with Crippen LogP contribution in [-0.2, 0) is 13.1 Å². The number of nitrogens with zero attached hydrogens (tertiary/aromatic N) is 1. The number of rotatable bonds is 10. The molecule has 1 saturated carbocycles. The molecule has 1 aliphatic carbocycles. The van der Waals surface area contributed by atoms with Gasteiger partial charge >= 0.3 is 0 Å². The third kappa shape index (κ3) is 4.66. The maximum atomic E-state index is 5.63. The summed E-state index contributed by atoms with van der Waals surface area (Å²) >= 11 is 0. The van der Waals surface area contributed by atoms with Crippen LogP contribution in [0.1, 0.15) is 57.3 Å². The highest BCUT2D eigenvalue weighted by Gasteiger charge is 2.29. The van der Waals surface area contributed by atoms with Gasteiger partial charge in [-0.1, -0.05) is 20.3 Å². The Bertz CT molecular complexity index is 357. The average molecular weight is 264 g/mol. The highest BCUT2D eigenvalue weighted by Crippen LogP contribution is 2.29. The lowest BCUT2D eigenvalue weighted by atomic mass is 10.2. The van der Waals surface area contributed by atoms with Crippen LogP contribution in [0.15, 0.2) is 16.7 Å². The summed E-state index contributed by atoms with van der Waals surface area (Å²) in [6.07, 6.45) is 8.34. The number of hydrogen-bond acceptors (Lipinski definition) is 3. The fraction of sp³-hybridized carbons (Fsp3) is 0.750. The number of furan rings is 1. The number of hydrogen-bond donors (Lipinski definition) is 1. The Hall–Kier alpha value is -0.800. The molecule has 0 aliphatic heterocycles. The van der Waals surface area contributed by atoms with E-state index in [4.69, 9.17) is 4.42 Å². The van der Waals surface area contributed by atoms with E-state index in [1.807, 2.05) is 6.26 Å². The van der Waals surface area contributed by atoms with Crippen molar-refractivity contribution in [2.75, 3.05) is 13.1 Å². The summed E-state index contributed by atoms with van der Waals surface area (Å²) in [4.78, 5) is 2.64. The molecule has 0 radical (unpaired) electrons. The van der Waals surface area contributed by atoms with Crippen LogP contribution in [0, 0.1) is 0 Å². The summed E-state index contributed by atoms with van der Waals surface area (Å²) in [5.74, 6) is 1.12. The van der Waals surface area contributed by atoms with Gasteiger partial charge in [0, 0.05) is 18.2 Å². The van der Waals surface area contributed by atoms with Gasteiger partial charge in [0.15, 0.2) is 0 Å². The largest absolute Gasteiger partial charge is 0.468 e. The molecule has 1 aromatic heterocycles. The molecular formula is C16H28N2O. The van der Waals surface area contributed by atoms with Crippen LogP contribution in [0.2, 0.25) is 0 Å². The molecule has 0 atom stereocenters. The van der Waals surface area contributed by atoms with Gasteiger partial charge in [-0.25, -0.2) is 0 Å². The molecular weight excluding hydrogens is 236 g/mol. The second-order valence-electron chi connectivity index (χ2n) is 5.60. The van der Waals surface area contributed by atoms with Crippen LogP contribution >= 0.6 is 0 Å². The van der Waals surface area contributed by atoms with Crippen molar-refractivity contribution >= 4 is 0 Å². The van der Waals surface area contributed by atoms with Gasteiger partial charge in [0.1, 0.15) is 5.76 Å². The van der Waals surface area contributed by atoms with Crippen molar-refractivity contribution in [1.82, 2.24) is 10.2 Å². The van der Waals surface area contributed by atoms with E-state index in [-0.39, 0.29) is 0 Å². The Morgan fingerprint density at radius 3 is 2.84 bits per heavy atom. The third-order valence-electron chi connectivity index (χ3n) is 3.79. The molecule has 0 aromatic carbocycles. The summed E-state index contributed by atoms with van der Waals surface area (Å²) < 4.78 is 5.63. The van der Waals surface area contributed by atoms with Gasteiger partial charge in [-0.2, -0.15) is 0 Å². The first-order valence-corrected chi connectivity index (χ1v) is 7.85. The van der Waals surface area contributed by atoms with Crippen molar-refractivity contribution in [3.8, 4) is 0 Å². The molecule has 0 spiro atoms. The van der Waals surface area contributed by atoms with Crippen molar-refractivity contribution in [2.45, 2.75) is 65.1 Å². The Labute approximate surface area is 117 Å². The Morgan fingerprint density at radius 2 is 2.16 bits per heavy atom. The molecule has 1 N–H and O–H groups in total. The maximum Gasteiger partial charge on any atom is 0.122 e. The van der Waals surface area contributed by atoms with Crippen molar-refractivity contribution in [3.63, 3.8) is 0 Å². The van der Waals surface area contributed by atoms with Gasteiger partial charge in [-0.3, -0.25) is 4.90 Å². The van der Waals surface area contributed by atoms with Gasteiger partial charge in [-0.15, -0.1) is 0 Å². The fourth-order valence-corrected chi connectivity index (χ4v) is 2.45. The topological polar surface area (TPSA) is 28.4 Å². The fourth-order valence-electron chi connectivity index (χ4n) is 2.45. The van der Waals surface area contributed by atoms with E-state index < -0.39 is 0 Å². The lowest BCUT2D eigenvalue weighted by Crippen LogP contribution is -2.27. The molecule has 3 nitrogen and oxygen atoms in total.